The second kappa shape index (κ2) is 7.66. The van der Waals surface area contributed by atoms with Gasteiger partial charge in [-0.05, 0) is 71.7 Å². The molecule has 0 nitrogen and oxygen atoms in total. The number of alkyl halides is 3. The van der Waals surface area contributed by atoms with E-state index < -0.39 is 17.6 Å². The van der Waals surface area contributed by atoms with Crippen LogP contribution in [0.1, 0.15) is 42.7 Å². The number of hydrogen-bond acceptors (Lipinski definition) is 0. The lowest BCUT2D eigenvalue weighted by molar-refractivity contribution is -0.139. The molecule has 1 fully saturated rings. The summed E-state index contributed by atoms with van der Waals surface area (Å²) >= 11 is 0. The van der Waals surface area contributed by atoms with E-state index in [-0.39, 0.29) is 5.39 Å². The van der Waals surface area contributed by atoms with Crippen LogP contribution in [-0.4, -0.2) is 0 Å². The molecule has 0 N–H and O–H groups in total. The van der Waals surface area contributed by atoms with E-state index in [1.807, 2.05) is 12.1 Å². The molecule has 1 aliphatic carbocycles. The van der Waals surface area contributed by atoms with Gasteiger partial charge >= 0.3 is 6.18 Å². The minimum absolute atomic E-state index is 0.0147. The first-order valence-corrected chi connectivity index (χ1v) is 9.89. The molecular weight excluding hydrogens is 376 g/mol. The highest BCUT2D eigenvalue weighted by Gasteiger charge is 2.34. The Kier molecular flexibility index (Phi) is 5.20. The zero-order valence-electron chi connectivity index (χ0n) is 16.0. The van der Waals surface area contributed by atoms with E-state index in [2.05, 4.69) is 24.8 Å². The van der Waals surface area contributed by atoms with Gasteiger partial charge in [-0.25, -0.2) is 4.39 Å². The van der Waals surface area contributed by atoms with Gasteiger partial charge in [-0.15, -0.1) is 6.58 Å². The number of fused-ring (bicyclic) bond motifs is 1. The first kappa shape index (κ1) is 19.7. The summed E-state index contributed by atoms with van der Waals surface area (Å²) in [5.74, 6) is -0.0276. The Bertz CT molecular complexity index is 1020. The maximum absolute atomic E-state index is 14.3. The summed E-state index contributed by atoms with van der Waals surface area (Å²) in [6, 6.07) is 15.3. The van der Waals surface area contributed by atoms with Crippen molar-refractivity contribution in [1.82, 2.24) is 0 Å². The molecular formula is C25H22F4. The molecule has 3 aromatic carbocycles. The van der Waals surface area contributed by atoms with Crippen LogP contribution in [0.4, 0.5) is 17.6 Å². The summed E-state index contributed by atoms with van der Waals surface area (Å²) < 4.78 is 53.0. The summed E-state index contributed by atoms with van der Waals surface area (Å²) in [5, 5.41) is 0.444. The molecule has 0 atom stereocenters. The molecule has 4 heteroatoms. The predicted octanol–water partition coefficient (Wildman–Crippen LogP) is 8.12. The van der Waals surface area contributed by atoms with Crippen molar-refractivity contribution in [3.8, 4) is 11.1 Å². The highest BCUT2D eigenvalue weighted by Crippen LogP contribution is 2.38. The fraction of sp³-hybridized carbons (Fsp3) is 0.280. The number of rotatable bonds is 3. The summed E-state index contributed by atoms with van der Waals surface area (Å²) in [6.07, 6.45) is 2.02. The lowest BCUT2D eigenvalue weighted by Gasteiger charge is -2.27. The van der Waals surface area contributed by atoms with E-state index in [1.54, 1.807) is 12.1 Å². The van der Waals surface area contributed by atoms with Gasteiger partial charge in [0.25, 0.3) is 0 Å². The number of hydrogen-bond donors (Lipinski definition) is 0. The minimum Gasteiger partial charge on any atom is -0.206 e. The third-order valence-electron chi connectivity index (χ3n) is 6.08. The third kappa shape index (κ3) is 3.93. The van der Waals surface area contributed by atoms with Gasteiger partial charge in [-0.1, -0.05) is 48.5 Å². The highest BCUT2D eigenvalue weighted by atomic mass is 19.4. The van der Waals surface area contributed by atoms with E-state index in [1.165, 1.54) is 30.5 Å². The largest absolute Gasteiger partial charge is 0.419 e. The van der Waals surface area contributed by atoms with E-state index in [0.29, 0.717) is 17.2 Å². The summed E-state index contributed by atoms with van der Waals surface area (Å²) in [6.45, 7) is 3.89. The molecule has 0 heterocycles. The second-order valence-electron chi connectivity index (χ2n) is 7.83. The van der Waals surface area contributed by atoms with Gasteiger partial charge in [0.1, 0.15) is 5.82 Å². The molecule has 1 aliphatic rings. The van der Waals surface area contributed by atoms with Crippen LogP contribution in [0.5, 0.6) is 0 Å². The Hall–Kier alpha value is -2.62. The topological polar surface area (TPSA) is 0 Å². The zero-order chi connectivity index (χ0) is 20.6. The van der Waals surface area contributed by atoms with Gasteiger partial charge in [0.15, 0.2) is 0 Å². The van der Waals surface area contributed by atoms with Crippen molar-refractivity contribution in [2.45, 2.75) is 37.8 Å². The summed E-state index contributed by atoms with van der Waals surface area (Å²) in [5.41, 5.74) is 1.92. The third-order valence-corrected chi connectivity index (χ3v) is 6.08. The quantitative estimate of drug-likeness (QED) is 0.309. The second-order valence-corrected chi connectivity index (χ2v) is 7.83. The maximum atomic E-state index is 14.3. The fourth-order valence-electron chi connectivity index (χ4n) is 4.33. The molecule has 0 unspecified atom stereocenters. The molecule has 4 rings (SSSR count). The maximum Gasteiger partial charge on any atom is 0.419 e. The van der Waals surface area contributed by atoms with E-state index in [9.17, 15) is 17.6 Å². The number of allylic oxidation sites excluding steroid dienone is 1. The van der Waals surface area contributed by atoms with Crippen molar-refractivity contribution >= 4 is 10.8 Å². The Morgan fingerprint density at radius 1 is 0.828 bits per heavy atom. The molecule has 0 saturated heterocycles. The Balaban J connectivity index is 1.59. The Morgan fingerprint density at radius 3 is 2.10 bits per heavy atom. The Morgan fingerprint density at radius 2 is 1.48 bits per heavy atom. The van der Waals surface area contributed by atoms with Crippen LogP contribution in [0.2, 0.25) is 0 Å². The predicted molar refractivity (Wildman–Crippen MR) is 109 cm³/mol. The number of benzene rings is 3. The number of halogens is 4. The summed E-state index contributed by atoms with van der Waals surface area (Å²) in [7, 11) is 0. The first-order valence-electron chi connectivity index (χ1n) is 9.89. The van der Waals surface area contributed by atoms with Crippen molar-refractivity contribution in [2.75, 3.05) is 0 Å². The highest BCUT2D eigenvalue weighted by molar-refractivity contribution is 5.88. The van der Waals surface area contributed by atoms with Crippen LogP contribution in [0.15, 0.2) is 67.3 Å². The molecule has 0 spiro atoms. The lowest BCUT2D eigenvalue weighted by Crippen LogP contribution is -2.11. The zero-order valence-corrected chi connectivity index (χ0v) is 16.0. The molecule has 0 aliphatic heterocycles. The van der Waals surface area contributed by atoms with Crippen molar-refractivity contribution in [2.24, 2.45) is 5.92 Å². The first-order chi connectivity index (χ1) is 13.9. The van der Waals surface area contributed by atoms with Gasteiger partial charge in [0.2, 0.25) is 0 Å². The average molecular weight is 398 g/mol. The molecule has 29 heavy (non-hydrogen) atoms. The minimum atomic E-state index is -4.70. The molecule has 150 valence electrons. The molecule has 0 amide bonds. The molecule has 3 aromatic rings. The SMILES string of the molecule is C=CC1CCC(c2ccc(-c3ccc4c(F)c(C(F)(F)F)ccc4c3)cc2)CC1. The van der Waals surface area contributed by atoms with Crippen LogP contribution >= 0.6 is 0 Å². The van der Waals surface area contributed by atoms with Crippen molar-refractivity contribution < 1.29 is 17.6 Å². The smallest absolute Gasteiger partial charge is 0.206 e. The van der Waals surface area contributed by atoms with Crippen molar-refractivity contribution in [3.63, 3.8) is 0 Å². The van der Waals surface area contributed by atoms with Crippen molar-refractivity contribution in [3.05, 3.63) is 84.2 Å². The van der Waals surface area contributed by atoms with Crippen LogP contribution in [0.25, 0.3) is 21.9 Å². The van der Waals surface area contributed by atoms with E-state index in [4.69, 9.17) is 0 Å². The average Bonchev–Trinajstić information content (AvgIpc) is 2.73. The van der Waals surface area contributed by atoms with Crippen LogP contribution < -0.4 is 0 Å². The van der Waals surface area contributed by atoms with Crippen LogP contribution in [0.3, 0.4) is 0 Å². The van der Waals surface area contributed by atoms with Gasteiger partial charge in [0, 0.05) is 5.39 Å². The van der Waals surface area contributed by atoms with Gasteiger partial charge in [-0.2, -0.15) is 13.2 Å². The lowest BCUT2D eigenvalue weighted by atomic mass is 9.78. The Labute approximate surface area is 167 Å². The van der Waals surface area contributed by atoms with Gasteiger partial charge in [0.05, 0.1) is 5.56 Å². The normalized spacial score (nSPS) is 20.0. The van der Waals surface area contributed by atoms with Crippen LogP contribution in [-0.2, 0) is 6.18 Å². The van der Waals surface area contributed by atoms with Gasteiger partial charge < -0.3 is 0 Å². The fourth-order valence-corrected chi connectivity index (χ4v) is 4.33. The molecule has 0 aromatic heterocycles. The standard InChI is InChI=1S/C25H22F4/c1-2-16-3-5-17(6-4-16)18-7-9-19(10-8-18)20-11-13-22-21(15-20)12-14-23(24(22)26)25(27,28)29/h2,7-17H,1,3-6H2. The molecule has 0 radical (unpaired) electrons. The van der Waals surface area contributed by atoms with E-state index >= 15 is 0 Å². The molecule has 1 saturated carbocycles. The monoisotopic (exact) mass is 398 g/mol. The molecule has 0 bridgehead atoms. The summed E-state index contributed by atoms with van der Waals surface area (Å²) in [4.78, 5) is 0. The van der Waals surface area contributed by atoms with E-state index in [0.717, 1.165) is 30.0 Å². The van der Waals surface area contributed by atoms with Crippen molar-refractivity contribution in [1.29, 1.82) is 0 Å². The van der Waals surface area contributed by atoms with Crippen LogP contribution in [0, 0.1) is 11.7 Å². The van der Waals surface area contributed by atoms with Gasteiger partial charge in [-0.3, -0.25) is 0 Å².